The van der Waals surface area contributed by atoms with Crippen LogP contribution in [0.25, 0.3) is 0 Å². The Morgan fingerprint density at radius 3 is 2.89 bits per heavy atom. The topological polar surface area (TPSA) is 48.7 Å². The van der Waals surface area contributed by atoms with Crippen molar-refractivity contribution in [1.82, 2.24) is 4.98 Å². The Hall–Kier alpha value is -1.09. The third-order valence-electron chi connectivity index (χ3n) is 2.29. The third kappa shape index (κ3) is 3.02. The number of halogens is 2. The fourth-order valence-corrected chi connectivity index (χ4v) is 2.57. The van der Waals surface area contributed by atoms with Gasteiger partial charge in [-0.25, -0.2) is 4.98 Å². The summed E-state index contributed by atoms with van der Waals surface area (Å²) >= 11 is 10.8. The number of nitrogens with one attached hydrogen (secondary N) is 1. The van der Waals surface area contributed by atoms with Crippen LogP contribution >= 0.6 is 38.9 Å². The molecular formula is C12H9BrClN3S. The number of anilines is 1. The highest BCUT2D eigenvalue weighted by atomic mass is 79.9. The molecule has 0 aliphatic carbocycles. The molecule has 0 amide bonds. The van der Waals surface area contributed by atoms with Crippen molar-refractivity contribution in [2.45, 2.75) is 13.0 Å². The van der Waals surface area contributed by atoms with E-state index in [9.17, 15) is 5.26 Å². The molecule has 0 aliphatic heterocycles. The highest BCUT2D eigenvalue weighted by molar-refractivity contribution is 9.10. The molecule has 1 atom stereocenters. The molecule has 1 heterocycles. The molecule has 0 bridgehead atoms. The van der Waals surface area contributed by atoms with Gasteiger partial charge in [-0.05, 0) is 41.1 Å². The zero-order chi connectivity index (χ0) is 13.1. The monoisotopic (exact) mass is 341 g/mol. The lowest BCUT2D eigenvalue weighted by Gasteiger charge is -2.11. The molecule has 0 spiro atoms. The molecule has 1 N–H and O–H groups in total. The molecule has 0 saturated heterocycles. The molecule has 6 heteroatoms. The Bertz CT molecular complexity index is 606. The summed E-state index contributed by atoms with van der Waals surface area (Å²) in [5.74, 6) is 0. The molecule has 0 aliphatic rings. The molecule has 0 radical (unpaired) electrons. The van der Waals surface area contributed by atoms with E-state index in [0.29, 0.717) is 5.02 Å². The van der Waals surface area contributed by atoms with Gasteiger partial charge in [0, 0.05) is 15.5 Å². The molecule has 1 aromatic heterocycles. The maximum Gasteiger partial charge on any atom is 0.158 e. The van der Waals surface area contributed by atoms with Crippen molar-refractivity contribution in [3.8, 4) is 6.07 Å². The normalized spacial score (nSPS) is 11.9. The van der Waals surface area contributed by atoms with Crippen LogP contribution in [0, 0.1) is 18.3 Å². The van der Waals surface area contributed by atoms with Gasteiger partial charge in [-0.1, -0.05) is 11.6 Å². The summed E-state index contributed by atoms with van der Waals surface area (Å²) in [4.78, 5) is 4.31. The predicted molar refractivity (Wildman–Crippen MR) is 78.0 cm³/mol. The Morgan fingerprint density at radius 1 is 1.56 bits per heavy atom. The SMILES string of the molecule is Cc1nc(C(C#N)Nc2ccc(Cl)c(Br)c2)cs1. The van der Waals surface area contributed by atoms with Crippen LogP contribution in [0.3, 0.4) is 0 Å². The maximum atomic E-state index is 9.19. The van der Waals surface area contributed by atoms with Crippen LogP contribution in [0.5, 0.6) is 0 Å². The standard InChI is InChI=1S/C12H9BrClN3S/c1-7-16-12(6-18-7)11(5-15)17-8-2-3-10(14)9(13)4-8/h2-4,6,11,17H,1H3. The van der Waals surface area contributed by atoms with Gasteiger partial charge < -0.3 is 5.32 Å². The smallest absolute Gasteiger partial charge is 0.158 e. The predicted octanol–water partition coefficient (Wildman–Crippen LogP) is 4.54. The van der Waals surface area contributed by atoms with Crippen molar-refractivity contribution in [3.63, 3.8) is 0 Å². The number of nitrogens with zero attached hydrogens (tertiary/aromatic N) is 2. The first kappa shape index (κ1) is 13.3. The van der Waals surface area contributed by atoms with Crippen molar-refractivity contribution >= 4 is 44.6 Å². The summed E-state index contributed by atoms with van der Waals surface area (Å²) in [6, 6.07) is 7.19. The zero-order valence-corrected chi connectivity index (χ0v) is 12.6. The van der Waals surface area contributed by atoms with Gasteiger partial charge in [0.05, 0.1) is 21.8 Å². The molecule has 2 rings (SSSR count). The Balaban J connectivity index is 2.21. The summed E-state index contributed by atoms with van der Waals surface area (Å²) < 4.78 is 0.792. The minimum atomic E-state index is -0.456. The summed E-state index contributed by atoms with van der Waals surface area (Å²) in [6.07, 6.45) is 0. The van der Waals surface area contributed by atoms with Crippen LogP contribution in [-0.4, -0.2) is 4.98 Å². The second-order valence-electron chi connectivity index (χ2n) is 3.63. The van der Waals surface area contributed by atoms with Crippen molar-refractivity contribution in [2.24, 2.45) is 0 Å². The highest BCUT2D eigenvalue weighted by Gasteiger charge is 2.13. The van der Waals surface area contributed by atoms with E-state index in [4.69, 9.17) is 11.6 Å². The van der Waals surface area contributed by atoms with Gasteiger partial charge in [0.2, 0.25) is 0 Å². The number of hydrogen-bond acceptors (Lipinski definition) is 4. The van der Waals surface area contributed by atoms with Gasteiger partial charge in [0.15, 0.2) is 6.04 Å². The average molecular weight is 343 g/mol. The van der Waals surface area contributed by atoms with Gasteiger partial charge in [0.25, 0.3) is 0 Å². The lowest BCUT2D eigenvalue weighted by atomic mass is 10.2. The van der Waals surface area contributed by atoms with Crippen LogP contribution < -0.4 is 5.32 Å². The first-order valence-corrected chi connectivity index (χ1v) is 7.18. The second-order valence-corrected chi connectivity index (χ2v) is 5.95. The van der Waals surface area contributed by atoms with Gasteiger partial charge in [0.1, 0.15) is 0 Å². The molecule has 2 aromatic rings. The van der Waals surface area contributed by atoms with Crippen molar-refractivity contribution < 1.29 is 0 Å². The fourth-order valence-electron chi connectivity index (χ4n) is 1.44. The third-order valence-corrected chi connectivity index (χ3v) is 4.30. The minimum Gasteiger partial charge on any atom is -0.365 e. The lowest BCUT2D eigenvalue weighted by Crippen LogP contribution is -2.08. The summed E-state index contributed by atoms with van der Waals surface area (Å²) in [5.41, 5.74) is 1.56. The van der Waals surface area contributed by atoms with Gasteiger partial charge in [-0.15, -0.1) is 11.3 Å². The Labute approximate surface area is 123 Å². The fraction of sp³-hybridized carbons (Fsp3) is 0.167. The molecule has 0 saturated carbocycles. The number of benzene rings is 1. The molecule has 3 nitrogen and oxygen atoms in total. The first-order chi connectivity index (χ1) is 8.60. The maximum absolute atomic E-state index is 9.19. The largest absolute Gasteiger partial charge is 0.365 e. The Morgan fingerprint density at radius 2 is 2.33 bits per heavy atom. The number of thiazole rings is 1. The van der Waals surface area contributed by atoms with E-state index in [-0.39, 0.29) is 0 Å². The highest BCUT2D eigenvalue weighted by Crippen LogP contribution is 2.28. The van der Waals surface area contributed by atoms with E-state index in [0.717, 1.165) is 20.9 Å². The van der Waals surface area contributed by atoms with Crippen molar-refractivity contribution in [1.29, 1.82) is 5.26 Å². The quantitative estimate of drug-likeness (QED) is 0.890. The molecule has 92 valence electrons. The van der Waals surface area contributed by atoms with E-state index in [2.05, 4.69) is 32.3 Å². The van der Waals surface area contributed by atoms with Crippen LogP contribution in [0.1, 0.15) is 16.7 Å². The van der Waals surface area contributed by atoms with Gasteiger partial charge >= 0.3 is 0 Å². The minimum absolute atomic E-state index is 0.456. The van der Waals surface area contributed by atoms with E-state index in [1.54, 1.807) is 6.07 Å². The van der Waals surface area contributed by atoms with E-state index in [1.807, 2.05) is 24.4 Å². The van der Waals surface area contributed by atoms with E-state index in [1.165, 1.54) is 11.3 Å². The van der Waals surface area contributed by atoms with Crippen LogP contribution in [0.2, 0.25) is 5.02 Å². The van der Waals surface area contributed by atoms with Gasteiger partial charge in [-0.3, -0.25) is 0 Å². The summed E-state index contributed by atoms with van der Waals surface area (Å²) in [5, 5.41) is 15.8. The summed E-state index contributed by atoms with van der Waals surface area (Å²) in [7, 11) is 0. The van der Waals surface area contributed by atoms with Crippen LogP contribution in [-0.2, 0) is 0 Å². The number of aromatic nitrogens is 1. The summed E-state index contributed by atoms with van der Waals surface area (Å²) in [6.45, 7) is 1.92. The Kier molecular flexibility index (Phi) is 4.23. The van der Waals surface area contributed by atoms with Crippen LogP contribution in [0.4, 0.5) is 5.69 Å². The molecule has 18 heavy (non-hydrogen) atoms. The van der Waals surface area contributed by atoms with Gasteiger partial charge in [-0.2, -0.15) is 5.26 Å². The zero-order valence-electron chi connectivity index (χ0n) is 9.45. The van der Waals surface area contributed by atoms with Crippen LogP contribution in [0.15, 0.2) is 28.1 Å². The molecule has 0 fully saturated rings. The van der Waals surface area contributed by atoms with Crippen molar-refractivity contribution in [2.75, 3.05) is 5.32 Å². The number of hydrogen-bond donors (Lipinski definition) is 1. The average Bonchev–Trinajstić information content (AvgIpc) is 2.77. The number of aryl methyl sites for hydroxylation is 1. The number of nitriles is 1. The second kappa shape index (κ2) is 5.70. The first-order valence-electron chi connectivity index (χ1n) is 5.13. The lowest BCUT2D eigenvalue weighted by molar-refractivity contribution is 0.942. The van der Waals surface area contributed by atoms with Crippen molar-refractivity contribution in [3.05, 3.63) is 43.8 Å². The number of rotatable bonds is 3. The van der Waals surface area contributed by atoms with E-state index < -0.39 is 6.04 Å². The molecule has 1 aromatic carbocycles. The molecule has 1 unspecified atom stereocenters. The molecular weight excluding hydrogens is 334 g/mol. The van der Waals surface area contributed by atoms with E-state index >= 15 is 0 Å².